The first-order chi connectivity index (χ1) is 6.88. The summed E-state index contributed by atoms with van der Waals surface area (Å²) in [5, 5.41) is 0. The van der Waals surface area contributed by atoms with Gasteiger partial charge in [0.2, 0.25) is 0 Å². The average Bonchev–Trinajstić information content (AvgIpc) is 2.23. The first-order valence-electron chi connectivity index (χ1n) is 5.82. The smallest absolute Gasteiger partial charge is 0.0689 e. The third kappa shape index (κ3) is 2.26. The lowest BCUT2D eigenvalue weighted by Gasteiger charge is -2.48. The highest BCUT2D eigenvalue weighted by Crippen LogP contribution is 2.42. The molecular formula is C13H25NO. The van der Waals surface area contributed by atoms with Gasteiger partial charge in [-0.15, -0.1) is 0 Å². The van der Waals surface area contributed by atoms with Gasteiger partial charge < -0.3 is 4.74 Å². The Morgan fingerprint density at radius 3 is 2.40 bits per heavy atom. The van der Waals surface area contributed by atoms with Crippen molar-refractivity contribution in [3.8, 4) is 0 Å². The zero-order chi connectivity index (χ0) is 11.7. The van der Waals surface area contributed by atoms with E-state index in [0.29, 0.717) is 0 Å². The Morgan fingerprint density at radius 1 is 1.40 bits per heavy atom. The number of nitrogens with zero attached hydrogens (tertiary/aromatic N) is 1. The van der Waals surface area contributed by atoms with Gasteiger partial charge >= 0.3 is 0 Å². The zero-order valence-electron chi connectivity index (χ0n) is 10.9. The van der Waals surface area contributed by atoms with Crippen molar-refractivity contribution < 1.29 is 4.74 Å². The van der Waals surface area contributed by atoms with Crippen molar-refractivity contribution in [3.63, 3.8) is 0 Å². The molecule has 1 saturated carbocycles. The van der Waals surface area contributed by atoms with Gasteiger partial charge in [-0.05, 0) is 46.7 Å². The van der Waals surface area contributed by atoms with Gasteiger partial charge in [0.15, 0.2) is 0 Å². The molecule has 0 aromatic carbocycles. The molecule has 0 amide bonds. The molecule has 1 fully saturated rings. The monoisotopic (exact) mass is 211 g/mol. The number of hydrogen-bond donors (Lipinski definition) is 0. The van der Waals surface area contributed by atoms with Crippen LogP contribution in [0.15, 0.2) is 12.2 Å². The maximum Gasteiger partial charge on any atom is 0.0689 e. The summed E-state index contributed by atoms with van der Waals surface area (Å²) in [5.41, 5.74) is 1.47. The van der Waals surface area contributed by atoms with Crippen LogP contribution in [-0.2, 0) is 4.74 Å². The molecule has 2 unspecified atom stereocenters. The normalized spacial score (nSPS) is 37.3. The molecule has 1 aliphatic rings. The standard InChI is InChI=1S/C13H25NO/c1-7-14(5)13(4)9-8-12(3,15-6)10-11(13)2/h2,7-10H2,1,3-6H3. The van der Waals surface area contributed by atoms with Crippen molar-refractivity contribution in [1.82, 2.24) is 4.90 Å². The SMILES string of the molecule is C=C1CC(C)(OC)CCC1(C)N(C)CC. The number of ether oxygens (including phenoxy) is 1. The minimum Gasteiger partial charge on any atom is -0.378 e. The molecule has 0 spiro atoms. The largest absolute Gasteiger partial charge is 0.378 e. The first-order valence-corrected chi connectivity index (χ1v) is 5.82. The van der Waals surface area contributed by atoms with Crippen molar-refractivity contribution in [1.29, 1.82) is 0 Å². The van der Waals surface area contributed by atoms with Crippen molar-refractivity contribution in [2.75, 3.05) is 20.7 Å². The Bertz CT molecular complexity index is 251. The van der Waals surface area contributed by atoms with Crippen molar-refractivity contribution in [2.24, 2.45) is 0 Å². The minimum absolute atomic E-state index is 0.00513. The van der Waals surface area contributed by atoms with E-state index in [-0.39, 0.29) is 11.1 Å². The Labute approximate surface area is 94.3 Å². The first kappa shape index (κ1) is 12.7. The van der Waals surface area contributed by atoms with E-state index in [2.05, 4.69) is 39.3 Å². The van der Waals surface area contributed by atoms with E-state index >= 15 is 0 Å². The lowest BCUT2D eigenvalue weighted by atomic mass is 9.72. The van der Waals surface area contributed by atoms with Crippen LogP contribution in [0.25, 0.3) is 0 Å². The van der Waals surface area contributed by atoms with Crippen LogP contribution in [0, 0.1) is 0 Å². The van der Waals surface area contributed by atoms with E-state index in [4.69, 9.17) is 4.74 Å². The topological polar surface area (TPSA) is 12.5 Å². The second-order valence-corrected chi connectivity index (χ2v) is 5.22. The summed E-state index contributed by atoms with van der Waals surface area (Å²) < 4.78 is 5.58. The number of methoxy groups -OCH3 is 1. The van der Waals surface area contributed by atoms with E-state index in [1.807, 2.05) is 0 Å². The van der Waals surface area contributed by atoms with Gasteiger partial charge in [-0.2, -0.15) is 0 Å². The zero-order valence-corrected chi connectivity index (χ0v) is 10.9. The highest BCUT2D eigenvalue weighted by Gasteiger charge is 2.41. The molecule has 2 heteroatoms. The second-order valence-electron chi connectivity index (χ2n) is 5.22. The Kier molecular flexibility index (Phi) is 3.62. The van der Waals surface area contributed by atoms with Crippen molar-refractivity contribution >= 4 is 0 Å². The molecule has 0 aromatic rings. The third-order valence-electron chi connectivity index (χ3n) is 4.30. The summed E-state index contributed by atoms with van der Waals surface area (Å²) in [7, 11) is 3.99. The van der Waals surface area contributed by atoms with Crippen LogP contribution < -0.4 is 0 Å². The molecule has 0 saturated heterocycles. The highest BCUT2D eigenvalue weighted by atomic mass is 16.5. The molecule has 0 aliphatic heterocycles. The molecule has 1 rings (SSSR count). The number of hydrogen-bond acceptors (Lipinski definition) is 2. The van der Waals surface area contributed by atoms with E-state index in [0.717, 1.165) is 25.8 Å². The molecule has 15 heavy (non-hydrogen) atoms. The van der Waals surface area contributed by atoms with Gasteiger partial charge in [-0.3, -0.25) is 4.90 Å². The quantitative estimate of drug-likeness (QED) is 0.666. The summed E-state index contributed by atoms with van der Waals surface area (Å²) in [6.07, 6.45) is 3.23. The van der Waals surface area contributed by atoms with Crippen LogP contribution in [0.2, 0.25) is 0 Å². The fraction of sp³-hybridized carbons (Fsp3) is 0.846. The maximum absolute atomic E-state index is 5.58. The molecular weight excluding hydrogens is 186 g/mol. The predicted octanol–water partition coefficient (Wildman–Crippen LogP) is 2.84. The van der Waals surface area contributed by atoms with E-state index in [9.17, 15) is 0 Å². The van der Waals surface area contributed by atoms with Crippen LogP contribution in [0.3, 0.4) is 0 Å². The highest BCUT2D eigenvalue weighted by molar-refractivity contribution is 5.21. The predicted molar refractivity (Wildman–Crippen MR) is 65.1 cm³/mol. The van der Waals surface area contributed by atoms with E-state index in [1.54, 1.807) is 7.11 Å². The second kappa shape index (κ2) is 4.26. The molecule has 0 bridgehead atoms. The minimum atomic E-state index is 0.00513. The molecule has 1 aliphatic carbocycles. The summed E-state index contributed by atoms with van der Waals surface area (Å²) in [6.45, 7) is 12.0. The fourth-order valence-corrected chi connectivity index (χ4v) is 2.40. The van der Waals surface area contributed by atoms with Crippen LogP contribution in [0.5, 0.6) is 0 Å². The molecule has 0 radical (unpaired) electrons. The van der Waals surface area contributed by atoms with Gasteiger partial charge in [0.25, 0.3) is 0 Å². The molecule has 2 nitrogen and oxygen atoms in total. The lowest BCUT2D eigenvalue weighted by molar-refractivity contribution is -0.0344. The number of rotatable bonds is 3. The van der Waals surface area contributed by atoms with Crippen molar-refractivity contribution in [3.05, 3.63) is 12.2 Å². The van der Waals surface area contributed by atoms with Gasteiger partial charge in [-0.1, -0.05) is 19.1 Å². The Morgan fingerprint density at radius 2 is 2.00 bits per heavy atom. The lowest BCUT2D eigenvalue weighted by Crippen LogP contribution is -2.51. The Hall–Kier alpha value is -0.340. The van der Waals surface area contributed by atoms with Crippen LogP contribution in [0.1, 0.15) is 40.0 Å². The van der Waals surface area contributed by atoms with Gasteiger partial charge in [0, 0.05) is 12.6 Å². The van der Waals surface area contributed by atoms with Crippen LogP contribution >= 0.6 is 0 Å². The molecule has 0 aromatic heterocycles. The summed E-state index contributed by atoms with van der Waals surface area (Å²) in [4.78, 5) is 2.39. The molecule has 88 valence electrons. The van der Waals surface area contributed by atoms with E-state index in [1.165, 1.54) is 5.57 Å². The summed E-state index contributed by atoms with van der Waals surface area (Å²) in [6, 6.07) is 0. The molecule has 0 heterocycles. The van der Waals surface area contributed by atoms with Crippen LogP contribution in [0.4, 0.5) is 0 Å². The average molecular weight is 211 g/mol. The Balaban J connectivity index is 2.79. The summed E-state index contributed by atoms with van der Waals surface area (Å²) in [5.74, 6) is 0. The third-order valence-corrected chi connectivity index (χ3v) is 4.30. The van der Waals surface area contributed by atoms with Crippen molar-refractivity contribution in [2.45, 2.75) is 51.2 Å². The van der Waals surface area contributed by atoms with Gasteiger partial charge in [0.05, 0.1) is 5.60 Å². The van der Waals surface area contributed by atoms with Gasteiger partial charge in [-0.25, -0.2) is 0 Å². The fourth-order valence-electron chi connectivity index (χ4n) is 2.40. The van der Waals surface area contributed by atoms with E-state index < -0.39 is 0 Å². The molecule has 0 N–H and O–H groups in total. The number of likely N-dealkylation sites (N-methyl/N-ethyl adjacent to an activating group) is 1. The summed E-state index contributed by atoms with van der Waals surface area (Å²) >= 11 is 0. The van der Waals surface area contributed by atoms with Gasteiger partial charge in [0.1, 0.15) is 0 Å². The maximum atomic E-state index is 5.58. The van der Waals surface area contributed by atoms with Crippen LogP contribution in [-0.4, -0.2) is 36.7 Å². The molecule has 2 atom stereocenters.